The molecule has 2 heterocycles. The van der Waals surface area contributed by atoms with Crippen LogP contribution in [0.1, 0.15) is 28.6 Å². The normalized spacial score (nSPS) is 12.2. The Balaban J connectivity index is 2.29. The van der Waals surface area contributed by atoms with E-state index in [1.807, 2.05) is 20.8 Å². The number of nitrogens with zero attached hydrogens (tertiary/aromatic N) is 3. The lowest BCUT2D eigenvalue weighted by atomic mass is 10.3. The van der Waals surface area contributed by atoms with Gasteiger partial charge in [-0.3, -0.25) is 0 Å². The maximum absolute atomic E-state index is 10.9. The first-order chi connectivity index (χ1) is 9.38. The Morgan fingerprint density at radius 3 is 2.75 bits per heavy atom. The molecule has 0 aliphatic carbocycles. The van der Waals surface area contributed by atoms with E-state index >= 15 is 0 Å². The van der Waals surface area contributed by atoms with E-state index < -0.39 is 4.92 Å². The van der Waals surface area contributed by atoms with E-state index in [0.29, 0.717) is 4.47 Å². The van der Waals surface area contributed by atoms with Crippen LogP contribution in [0, 0.1) is 24.0 Å². The molecule has 8 heteroatoms. The van der Waals surface area contributed by atoms with Gasteiger partial charge in [-0.05, 0) is 46.6 Å². The average Bonchev–Trinajstić information content (AvgIpc) is 2.69. The summed E-state index contributed by atoms with van der Waals surface area (Å²) in [5.74, 6) is -0.174. The fourth-order valence-electron chi connectivity index (χ4n) is 1.55. The SMILES string of the molecule is Cc1nc(C(C)Oc2cc(Br)cnc2[N+](=O)[O-])sc1C. The number of rotatable bonds is 4. The molecule has 1 atom stereocenters. The third-order valence-corrected chi connectivity index (χ3v) is 4.34. The molecule has 0 amide bonds. The first-order valence-electron chi connectivity index (χ1n) is 5.79. The van der Waals surface area contributed by atoms with Crippen LogP contribution in [0.25, 0.3) is 0 Å². The van der Waals surface area contributed by atoms with Crippen LogP contribution in [0.2, 0.25) is 0 Å². The molecule has 0 aromatic carbocycles. The van der Waals surface area contributed by atoms with E-state index in [1.165, 1.54) is 23.6 Å². The molecular formula is C12H12BrN3O3S. The van der Waals surface area contributed by atoms with Gasteiger partial charge in [0.1, 0.15) is 11.1 Å². The Labute approximate surface area is 128 Å². The molecule has 1 unspecified atom stereocenters. The lowest BCUT2D eigenvalue weighted by Crippen LogP contribution is -2.05. The average molecular weight is 358 g/mol. The molecule has 6 nitrogen and oxygen atoms in total. The topological polar surface area (TPSA) is 78.2 Å². The number of aryl methyl sites for hydroxylation is 2. The van der Waals surface area contributed by atoms with Gasteiger partial charge in [-0.1, -0.05) is 0 Å². The molecule has 2 aromatic rings. The molecule has 0 N–H and O–H groups in total. The zero-order chi connectivity index (χ0) is 14.9. The Morgan fingerprint density at radius 1 is 1.50 bits per heavy atom. The highest BCUT2D eigenvalue weighted by Crippen LogP contribution is 2.33. The second kappa shape index (κ2) is 5.84. The second-order valence-electron chi connectivity index (χ2n) is 4.19. The van der Waals surface area contributed by atoms with Gasteiger partial charge in [0.05, 0.1) is 10.2 Å². The predicted molar refractivity (Wildman–Crippen MR) is 79.2 cm³/mol. The summed E-state index contributed by atoms with van der Waals surface area (Å²) in [6.45, 7) is 5.71. The van der Waals surface area contributed by atoms with Crippen LogP contribution in [-0.4, -0.2) is 14.9 Å². The second-order valence-corrected chi connectivity index (χ2v) is 6.34. The highest BCUT2D eigenvalue weighted by atomic mass is 79.9. The van der Waals surface area contributed by atoms with Crippen molar-refractivity contribution in [3.8, 4) is 5.75 Å². The molecule has 0 spiro atoms. The fraction of sp³-hybridized carbons (Fsp3) is 0.333. The Morgan fingerprint density at radius 2 is 2.20 bits per heavy atom. The first-order valence-corrected chi connectivity index (χ1v) is 7.40. The lowest BCUT2D eigenvalue weighted by Gasteiger charge is -2.11. The number of halogens is 1. The quantitative estimate of drug-likeness (QED) is 0.611. The van der Waals surface area contributed by atoms with Crippen LogP contribution in [0.15, 0.2) is 16.7 Å². The van der Waals surface area contributed by atoms with Gasteiger partial charge in [0.2, 0.25) is 5.75 Å². The molecule has 0 bridgehead atoms. The van der Waals surface area contributed by atoms with E-state index in [4.69, 9.17) is 4.74 Å². The van der Waals surface area contributed by atoms with Crippen LogP contribution >= 0.6 is 27.3 Å². The summed E-state index contributed by atoms with van der Waals surface area (Å²) in [6.07, 6.45) is 0.995. The zero-order valence-electron chi connectivity index (χ0n) is 11.1. The molecular weight excluding hydrogens is 346 g/mol. The van der Waals surface area contributed by atoms with Gasteiger partial charge < -0.3 is 14.9 Å². The lowest BCUT2D eigenvalue weighted by molar-refractivity contribution is -0.390. The van der Waals surface area contributed by atoms with Crippen LogP contribution in [-0.2, 0) is 0 Å². The monoisotopic (exact) mass is 357 g/mol. The van der Waals surface area contributed by atoms with E-state index in [0.717, 1.165) is 15.6 Å². The van der Waals surface area contributed by atoms with Crippen molar-refractivity contribution in [2.24, 2.45) is 0 Å². The van der Waals surface area contributed by atoms with E-state index in [1.54, 1.807) is 0 Å². The van der Waals surface area contributed by atoms with Gasteiger partial charge in [-0.15, -0.1) is 11.3 Å². The Hall–Kier alpha value is -1.54. The van der Waals surface area contributed by atoms with Crippen LogP contribution in [0.5, 0.6) is 5.75 Å². The smallest absolute Gasteiger partial charge is 0.406 e. The summed E-state index contributed by atoms with van der Waals surface area (Å²) in [4.78, 5) is 19.6. The standard InChI is InChI=1S/C12H12BrN3O3S/c1-6-8(3)20-12(15-6)7(2)19-10-4-9(13)5-14-11(10)16(17)18/h4-5,7H,1-3H3. The van der Waals surface area contributed by atoms with E-state index in [2.05, 4.69) is 25.9 Å². The minimum absolute atomic E-state index is 0.127. The number of thiazole rings is 1. The van der Waals surface area contributed by atoms with Crippen molar-refractivity contribution in [2.45, 2.75) is 26.9 Å². The largest absolute Gasteiger partial charge is 0.475 e. The third-order valence-electron chi connectivity index (χ3n) is 2.67. The van der Waals surface area contributed by atoms with Gasteiger partial charge in [-0.2, -0.15) is 0 Å². The Bertz CT molecular complexity index is 640. The van der Waals surface area contributed by atoms with Gasteiger partial charge in [0.25, 0.3) is 0 Å². The summed E-state index contributed by atoms with van der Waals surface area (Å²) in [6, 6.07) is 1.54. The van der Waals surface area contributed by atoms with Gasteiger partial charge in [0, 0.05) is 10.9 Å². The molecule has 106 valence electrons. The van der Waals surface area contributed by atoms with Gasteiger partial charge >= 0.3 is 5.82 Å². The molecule has 20 heavy (non-hydrogen) atoms. The minimum Gasteiger partial charge on any atom is -0.475 e. The molecule has 0 radical (unpaired) electrons. The Kier molecular flexibility index (Phi) is 4.34. The predicted octanol–water partition coefficient (Wildman–Crippen LogP) is 3.97. The molecule has 0 fully saturated rings. The molecule has 2 rings (SSSR count). The van der Waals surface area contributed by atoms with E-state index in [-0.39, 0.29) is 17.7 Å². The summed E-state index contributed by atoms with van der Waals surface area (Å²) in [5.41, 5.74) is 0.947. The van der Waals surface area contributed by atoms with Crippen molar-refractivity contribution in [3.63, 3.8) is 0 Å². The highest BCUT2D eigenvalue weighted by Gasteiger charge is 2.22. The summed E-state index contributed by atoms with van der Waals surface area (Å²) in [7, 11) is 0. The number of hydrogen-bond acceptors (Lipinski definition) is 6. The van der Waals surface area contributed by atoms with Crippen LogP contribution in [0.4, 0.5) is 5.82 Å². The van der Waals surface area contributed by atoms with Gasteiger partial charge in [0.15, 0.2) is 6.20 Å². The van der Waals surface area contributed by atoms with E-state index in [9.17, 15) is 10.1 Å². The van der Waals surface area contributed by atoms with Crippen LogP contribution in [0.3, 0.4) is 0 Å². The van der Waals surface area contributed by atoms with Crippen molar-refractivity contribution in [1.29, 1.82) is 0 Å². The number of aromatic nitrogens is 2. The van der Waals surface area contributed by atoms with Crippen molar-refractivity contribution in [2.75, 3.05) is 0 Å². The number of hydrogen-bond donors (Lipinski definition) is 0. The van der Waals surface area contributed by atoms with Crippen molar-refractivity contribution < 1.29 is 9.66 Å². The summed E-state index contributed by atoms with van der Waals surface area (Å²) >= 11 is 4.75. The molecule has 0 aliphatic heterocycles. The first kappa shape index (κ1) is 14.9. The van der Waals surface area contributed by atoms with Crippen LogP contribution < -0.4 is 4.74 Å². The molecule has 0 aliphatic rings. The third kappa shape index (κ3) is 3.13. The summed E-state index contributed by atoms with van der Waals surface area (Å²) < 4.78 is 6.28. The van der Waals surface area contributed by atoms with Gasteiger partial charge in [-0.25, -0.2) is 4.98 Å². The minimum atomic E-state index is -0.563. The zero-order valence-corrected chi connectivity index (χ0v) is 13.5. The number of ether oxygens (including phenoxy) is 1. The highest BCUT2D eigenvalue weighted by molar-refractivity contribution is 9.10. The maximum Gasteiger partial charge on any atom is 0.406 e. The van der Waals surface area contributed by atoms with Crippen molar-refractivity contribution in [1.82, 2.24) is 9.97 Å². The van der Waals surface area contributed by atoms with Crippen molar-refractivity contribution in [3.05, 3.63) is 42.4 Å². The maximum atomic E-state index is 10.9. The fourth-order valence-corrected chi connectivity index (χ4v) is 2.76. The number of pyridine rings is 1. The van der Waals surface area contributed by atoms with Crippen molar-refractivity contribution >= 4 is 33.1 Å². The number of nitro groups is 1. The summed E-state index contributed by atoms with van der Waals surface area (Å²) in [5, 5.41) is 11.7. The molecule has 0 saturated heterocycles. The molecule has 0 saturated carbocycles. The molecule has 2 aromatic heterocycles.